The Bertz CT molecular complexity index is 895. The van der Waals surface area contributed by atoms with Crippen molar-refractivity contribution in [3.63, 3.8) is 0 Å². The summed E-state index contributed by atoms with van der Waals surface area (Å²) in [5.41, 5.74) is 2.82. The number of guanidine groups is 1. The standard InChI is InChI=1S/C22H28F2N4O3.HI/c1-4-25-22(26-11-15-5-7-16(8-6-15)13-28(2)3)27-12-17-9-19-20(30-14-29-19)10-18(17)31-21(23)24;/h5-10,21H,4,11-14H2,1-3H3,(H2,25,26,27);1H. The van der Waals surface area contributed by atoms with Crippen LogP contribution in [0.1, 0.15) is 23.6 Å². The SMILES string of the molecule is CCNC(=NCc1ccc(CN(C)C)cc1)NCc1cc2c(cc1OC(F)F)OCO2.I. The third-order valence-corrected chi connectivity index (χ3v) is 4.50. The Balaban J connectivity index is 0.00000363. The molecule has 0 unspecified atom stereocenters. The summed E-state index contributed by atoms with van der Waals surface area (Å²) < 4.78 is 40.9. The minimum atomic E-state index is -2.93. The molecule has 0 radical (unpaired) electrons. The van der Waals surface area contributed by atoms with Gasteiger partial charge in [0.1, 0.15) is 5.75 Å². The van der Waals surface area contributed by atoms with E-state index in [1.807, 2.05) is 21.0 Å². The highest BCUT2D eigenvalue weighted by Crippen LogP contribution is 2.38. The van der Waals surface area contributed by atoms with Crippen LogP contribution in [0.4, 0.5) is 8.78 Å². The second kappa shape index (κ2) is 12.6. The molecule has 1 heterocycles. The lowest BCUT2D eigenvalue weighted by atomic mass is 10.1. The number of halogens is 3. The molecule has 0 amide bonds. The predicted molar refractivity (Wildman–Crippen MR) is 130 cm³/mol. The second-order valence-corrected chi connectivity index (χ2v) is 7.29. The van der Waals surface area contributed by atoms with Crippen LogP contribution in [0.5, 0.6) is 17.2 Å². The number of nitrogens with one attached hydrogen (secondary N) is 2. The van der Waals surface area contributed by atoms with Crippen molar-refractivity contribution in [2.75, 3.05) is 27.4 Å². The Hall–Kier alpha value is -2.34. The lowest BCUT2D eigenvalue weighted by Gasteiger charge is -2.15. The molecule has 2 aromatic carbocycles. The summed E-state index contributed by atoms with van der Waals surface area (Å²) in [7, 11) is 4.06. The molecule has 1 aliphatic rings. The van der Waals surface area contributed by atoms with Crippen LogP contribution in [-0.4, -0.2) is 44.9 Å². The molecule has 0 fully saturated rings. The van der Waals surface area contributed by atoms with E-state index in [1.165, 1.54) is 11.6 Å². The van der Waals surface area contributed by atoms with Crippen LogP contribution in [0.25, 0.3) is 0 Å². The zero-order valence-corrected chi connectivity index (χ0v) is 20.7. The smallest absolute Gasteiger partial charge is 0.387 e. The van der Waals surface area contributed by atoms with Gasteiger partial charge in [-0.2, -0.15) is 8.78 Å². The van der Waals surface area contributed by atoms with Crippen LogP contribution in [0.2, 0.25) is 0 Å². The van der Waals surface area contributed by atoms with Gasteiger partial charge in [-0.1, -0.05) is 24.3 Å². The Morgan fingerprint density at radius 3 is 2.38 bits per heavy atom. The van der Waals surface area contributed by atoms with Gasteiger partial charge in [0.15, 0.2) is 17.5 Å². The molecule has 0 bridgehead atoms. The van der Waals surface area contributed by atoms with E-state index in [-0.39, 0.29) is 43.1 Å². The first-order chi connectivity index (χ1) is 14.9. The molecule has 10 heteroatoms. The molecule has 0 aromatic heterocycles. The minimum absolute atomic E-state index is 0. The number of ether oxygens (including phenoxy) is 3. The maximum absolute atomic E-state index is 12.8. The molecular weight excluding hydrogens is 533 g/mol. The number of hydrogen-bond acceptors (Lipinski definition) is 5. The molecule has 1 aliphatic heterocycles. The number of nitrogens with zero attached hydrogens (tertiary/aromatic N) is 2. The first-order valence-corrected chi connectivity index (χ1v) is 10.1. The fourth-order valence-electron chi connectivity index (χ4n) is 3.12. The molecule has 3 rings (SSSR count). The van der Waals surface area contributed by atoms with Crippen molar-refractivity contribution in [2.45, 2.75) is 33.2 Å². The molecule has 0 saturated carbocycles. The number of alkyl halides is 2. The lowest BCUT2D eigenvalue weighted by Crippen LogP contribution is -2.36. The van der Waals surface area contributed by atoms with Crippen LogP contribution in [0, 0.1) is 0 Å². The first kappa shape index (κ1) is 25.9. The van der Waals surface area contributed by atoms with Gasteiger partial charge in [0, 0.05) is 31.3 Å². The predicted octanol–water partition coefficient (Wildman–Crippen LogP) is 3.95. The average Bonchev–Trinajstić information content (AvgIpc) is 3.17. The summed E-state index contributed by atoms with van der Waals surface area (Å²) in [4.78, 5) is 6.71. The monoisotopic (exact) mass is 562 g/mol. The van der Waals surface area contributed by atoms with E-state index in [4.69, 9.17) is 9.47 Å². The average molecular weight is 562 g/mol. The zero-order chi connectivity index (χ0) is 22.2. The van der Waals surface area contributed by atoms with Gasteiger partial charge >= 0.3 is 6.61 Å². The Morgan fingerprint density at radius 2 is 1.75 bits per heavy atom. The van der Waals surface area contributed by atoms with E-state index in [2.05, 4.69) is 49.5 Å². The van der Waals surface area contributed by atoms with Crippen molar-refractivity contribution in [1.29, 1.82) is 0 Å². The molecule has 0 aliphatic carbocycles. The van der Waals surface area contributed by atoms with E-state index in [1.54, 1.807) is 6.07 Å². The first-order valence-electron chi connectivity index (χ1n) is 10.1. The van der Waals surface area contributed by atoms with E-state index in [0.29, 0.717) is 36.1 Å². The zero-order valence-electron chi connectivity index (χ0n) is 18.4. The molecule has 2 N–H and O–H groups in total. The minimum Gasteiger partial charge on any atom is -0.454 e. The molecule has 0 spiro atoms. The maximum atomic E-state index is 12.8. The van der Waals surface area contributed by atoms with Gasteiger partial charge in [0.25, 0.3) is 0 Å². The van der Waals surface area contributed by atoms with E-state index in [9.17, 15) is 8.78 Å². The van der Waals surface area contributed by atoms with Crippen molar-refractivity contribution in [3.8, 4) is 17.2 Å². The highest BCUT2D eigenvalue weighted by atomic mass is 127. The summed E-state index contributed by atoms with van der Waals surface area (Å²) >= 11 is 0. The fourth-order valence-corrected chi connectivity index (χ4v) is 3.12. The third-order valence-electron chi connectivity index (χ3n) is 4.50. The second-order valence-electron chi connectivity index (χ2n) is 7.29. The quantitative estimate of drug-likeness (QED) is 0.274. The van der Waals surface area contributed by atoms with Gasteiger partial charge in [-0.15, -0.1) is 24.0 Å². The summed E-state index contributed by atoms with van der Waals surface area (Å²) in [5, 5.41) is 6.32. The van der Waals surface area contributed by atoms with Gasteiger partial charge in [0.2, 0.25) is 6.79 Å². The molecule has 176 valence electrons. The summed E-state index contributed by atoms with van der Waals surface area (Å²) in [6, 6.07) is 11.3. The third kappa shape index (κ3) is 7.66. The Labute approximate surface area is 204 Å². The largest absolute Gasteiger partial charge is 0.454 e. The highest BCUT2D eigenvalue weighted by molar-refractivity contribution is 14.0. The van der Waals surface area contributed by atoms with Gasteiger partial charge < -0.3 is 29.7 Å². The normalized spacial score (nSPS) is 12.7. The van der Waals surface area contributed by atoms with Gasteiger partial charge in [-0.3, -0.25) is 0 Å². The van der Waals surface area contributed by atoms with Crippen molar-refractivity contribution >= 4 is 29.9 Å². The summed E-state index contributed by atoms with van der Waals surface area (Å²) in [5.74, 6) is 1.50. The lowest BCUT2D eigenvalue weighted by molar-refractivity contribution is -0.0505. The maximum Gasteiger partial charge on any atom is 0.387 e. The molecule has 0 saturated heterocycles. The summed E-state index contributed by atoms with van der Waals surface area (Å²) in [6.07, 6.45) is 0. The van der Waals surface area contributed by atoms with Crippen molar-refractivity contribution < 1.29 is 23.0 Å². The number of benzene rings is 2. The number of hydrogen-bond donors (Lipinski definition) is 2. The van der Waals surface area contributed by atoms with E-state index < -0.39 is 6.61 Å². The molecular formula is C22H29F2IN4O3. The van der Waals surface area contributed by atoms with Crippen molar-refractivity contribution in [1.82, 2.24) is 15.5 Å². The van der Waals surface area contributed by atoms with Crippen LogP contribution in [0.3, 0.4) is 0 Å². The number of aliphatic imine (C=N–C) groups is 1. The van der Waals surface area contributed by atoms with Crippen LogP contribution in [-0.2, 0) is 19.6 Å². The molecule has 0 atom stereocenters. The Morgan fingerprint density at radius 1 is 1.09 bits per heavy atom. The van der Waals surface area contributed by atoms with Crippen molar-refractivity contribution in [2.24, 2.45) is 4.99 Å². The summed E-state index contributed by atoms with van der Waals surface area (Å²) in [6.45, 7) is 1.33. The molecule has 7 nitrogen and oxygen atoms in total. The molecule has 32 heavy (non-hydrogen) atoms. The number of fused-ring (bicyclic) bond motifs is 1. The van der Waals surface area contributed by atoms with Crippen molar-refractivity contribution in [3.05, 3.63) is 53.1 Å². The van der Waals surface area contributed by atoms with Gasteiger partial charge in [-0.05, 0) is 38.2 Å². The topological polar surface area (TPSA) is 67.4 Å². The van der Waals surface area contributed by atoms with Crippen LogP contribution >= 0.6 is 24.0 Å². The van der Waals surface area contributed by atoms with E-state index >= 15 is 0 Å². The van der Waals surface area contributed by atoms with Gasteiger partial charge in [0.05, 0.1) is 6.54 Å². The highest BCUT2D eigenvalue weighted by Gasteiger charge is 2.20. The van der Waals surface area contributed by atoms with Gasteiger partial charge in [-0.25, -0.2) is 4.99 Å². The Kier molecular flexibility index (Phi) is 10.2. The number of rotatable bonds is 9. The van der Waals surface area contributed by atoms with Crippen LogP contribution in [0.15, 0.2) is 41.4 Å². The van der Waals surface area contributed by atoms with E-state index in [0.717, 1.165) is 12.1 Å². The van der Waals surface area contributed by atoms with Crippen LogP contribution < -0.4 is 24.8 Å². The molecule has 2 aromatic rings. The fraction of sp³-hybridized carbons (Fsp3) is 0.409.